The first-order valence-electron chi connectivity index (χ1n) is 5.81. The number of hydrogen-bond donors (Lipinski definition) is 0. The summed E-state index contributed by atoms with van der Waals surface area (Å²) in [5.74, 6) is -1.31. The summed E-state index contributed by atoms with van der Waals surface area (Å²) < 4.78 is 43.1. The van der Waals surface area contributed by atoms with Crippen LogP contribution in [0, 0.1) is 29.8 Å². The molecule has 1 aromatic heterocycles. The summed E-state index contributed by atoms with van der Waals surface area (Å²) in [5, 5.41) is 14.2. The van der Waals surface area contributed by atoms with Crippen molar-refractivity contribution < 1.29 is 22.3 Å². The summed E-state index contributed by atoms with van der Waals surface area (Å²) >= 11 is 0. The van der Waals surface area contributed by atoms with E-state index in [1.165, 1.54) is 0 Å². The molecule has 0 amide bonds. The van der Waals surface area contributed by atoms with Gasteiger partial charge in [-0.2, -0.15) is 0 Å². The molecule has 7 nitrogen and oxygen atoms in total. The van der Waals surface area contributed by atoms with Crippen LogP contribution in [0.5, 0.6) is 0 Å². The first kappa shape index (κ1) is 15.1. The molecule has 21 heavy (non-hydrogen) atoms. The van der Waals surface area contributed by atoms with Crippen LogP contribution in [-0.2, 0) is 15.6 Å². The molecule has 2 rings (SSSR count). The average Bonchev–Trinajstić information content (AvgIpc) is 2.69. The summed E-state index contributed by atoms with van der Waals surface area (Å²) in [6, 6.07) is 2.42. The third-order valence-electron chi connectivity index (χ3n) is 2.98. The molecule has 1 heterocycles. The average molecular weight is 314 g/mol. The maximum atomic E-state index is 13.8. The van der Waals surface area contributed by atoms with E-state index in [2.05, 4.69) is 5.16 Å². The zero-order chi connectivity index (χ0) is 15.8. The van der Waals surface area contributed by atoms with E-state index in [9.17, 15) is 22.9 Å². The second kappa shape index (κ2) is 5.24. The van der Waals surface area contributed by atoms with Gasteiger partial charge in [0.15, 0.2) is 9.84 Å². The summed E-state index contributed by atoms with van der Waals surface area (Å²) in [7, 11) is -4.00. The monoisotopic (exact) mass is 314 g/mol. The lowest BCUT2D eigenvalue weighted by Crippen LogP contribution is -2.09. The van der Waals surface area contributed by atoms with Crippen LogP contribution in [0.1, 0.15) is 17.0 Å². The molecular weight excluding hydrogens is 303 g/mol. The fourth-order valence-corrected chi connectivity index (χ4v) is 3.41. The van der Waals surface area contributed by atoms with Crippen molar-refractivity contribution in [2.45, 2.75) is 24.5 Å². The molecule has 0 radical (unpaired) electrons. The Hall–Kier alpha value is -2.29. The van der Waals surface area contributed by atoms with E-state index in [0.717, 1.165) is 12.1 Å². The van der Waals surface area contributed by atoms with Gasteiger partial charge in [0.2, 0.25) is 0 Å². The van der Waals surface area contributed by atoms with Crippen LogP contribution in [0.4, 0.5) is 10.1 Å². The first-order chi connectivity index (χ1) is 9.72. The molecule has 0 atom stereocenters. The van der Waals surface area contributed by atoms with Crippen LogP contribution in [-0.4, -0.2) is 18.5 Å². The molecule has 9 heteroatoms. The minimum absolute atomic E-state index is 0.332. The largest absolute Gasteiger partial charge is 0.361 e. The van der Waals surface area contributed by atoms with Crippen molar-refractivity contribution >= 4 is 15.5 Å². The van der Waals surface area contributed by atoms with Crippen molar-refractivity contribution in [1.82, 2.24) is 5.16 Å². The Kier molecular flexibility index (Phi) is 3.77. The Morgan fingerprint density at radius 3 is 2.52 bits per heavy atom. The molecule has 1 aromatic carbocycles. The fraction of sp³-hybridized carbons (Fsp3) is 0.250. The number of aromatic nitrogens is 1. The maximum Gasteiger partial charge on any atom is 0.272 e. The van der Waals surface area contributed by atoms with Crippen LogP contribution in [0.2, 0.25) is 0 Å². The second-order valence-electron chi connectivity index (χ2n) is 4.43. The molecule has 2 aromatic rings. The van der Waals surface area contributed by atoms with E-state index in [0.29, 0.717) is 23.1 Å². The second-order valence-corrected chi connectivity index (χ2v) is 6.39. The van der Waals surface area contributed by atoms with E-state index < -0.39 is 36.9 Å². The standard InChI is InChI=1S/C12H11FN2O5S/c1-7-10(8(2)20-14-7)6-21(18,19)12-4-3-9(15(16)17)5-11(12)13/h3-5H,6H2,1-2H3. The molecule has 0 spiro atoms. The van der Waals surface area contributed by atoms with Crippen LogP contribution >= 0.6 is 0 Å². The third-order valence-corrected chi connectivity index (χ3v) is 4.65. The number of benzene rings is 1. The summed E-state index contributed by atoms with van der Waals surface area (Å²) in [6.07, 6.45) is 0. The highest BCUT2D eigenvalue weighted by Crippen LogP contribution is 2.25. The quantitative estimate of drug-likeness (QED) is 0.633. The Bertz CT molecular complexity index is 794. The van der Waals surface area contributed by atoms with Crippen molar-refractivity contribution in [1.29, 1.82) is 0 Å². The Morgan fingerprint density at radius 2 is 2.05 bits per heavy atom. The summed E-state index contributed by atoms with van der Waals surface area (Å²) in [4.78, 5) is 9.14. The molecule has 0 saturated carbocycles. The molecule has 112 valence electrons. The van der Waals surface area contributed by atoms with E-state index in [-0.39, 0.29) is 0 Å². The lowest BCUT2D eigenvalue weighted by atomic mass is 10.2. The Labute approximate surface area is 119 Å². The van der Waals surface area contributed by atoms with E-state index >= 15 is 0 Å². The lowest BCUT2D eigenvalue weighted by molar-refractivity contribution is -0.385. The minimum atomic E-state index is -4.00. The molecular formula is C12H11FN2O5S. The smallest absolute Gasteiger partial charge is 0.272 e. The van der Waals surface area contributed by atoms with Gasteiger partial charge in [-0.25, -0.2) is 12.8 Å². The molecule has 0 saturated heterocycles. The zero-order valence-corrected chi connectivity index (χ0v) is 12.0. The summed E-state index contributed by atoms with van der Waals surface area (Å²) in [5.41, 5.74) is 0.245. The highest BCUT2D eigenvalue weighted by atomic mass is 32.2. The number of aryl methyl sites for hydroxylation is 2. The van der Waals surface area contributed by atoms with Crippen molar-refractivity contribution in [3.05, 3.63) is 51.1 Å². The number of sulfone groups is 1. The van der Waals surface area contributed by atoms with Gasteiger partial charge in [0.05, 0.1) is 22.4 Å². The van der Waals surface area contributed by atoms with E-state index in [4.69, 9.17) is 4.52 Å². The number of hydrogen-bond acceptors (Lipinski definition) is 6. The van der Waals surface area contributed by atoms with E-state index in [1.54, 1.807) is 13.8 Å². The summed E-state index contributed by atoms with van der Waals surface area (Å²) in [6.45, 7) is 3.13. The number of halogens is 1. The van der Waals surface area contributed by atoms with Gasteiger partial charge >= 0.3 is 0 Å². The molecule has 0 aliphatic heterocycles. The number of rotatable bonds is 4. The van der Waals surface area contributed by atoms with Crippen LogP contribution in [0.15, 0.2) is 27.6 Å². The van der Waals surface area contributed by atoms with Crippen LogP contribution in [0.3, 0.4) is 0 Å². The number of nitro benzene ring substituents is 1. The van der Waals surface area contributed by atoms with Crippen molar-refractivity contribution in [2.24, 2.45) is 0 Å². The normalized spacial score (nSPS) is 11.6. The molecule has 0 N–H and O–H groups in total. The molecule has 0 bridgehead atoms. The van der Waals surface area contributed by atoms with Gasteiger partial charge in [-0.1, -0.05) is 5.16 Å². The fourth-order valence-electron chi connectivity index (χ4n) is 1.83. The van der Waals surface area contributed by atoms with Gasteiger partial charge in [-0.05, 0) is 19.9 Å². The molecule has 0 unspecified atom stereocenters. The lowest BCUT2D eigenvalue weighted by Gasteiger charge is -2.05. The topological polar surface area (TPSA) is 103 Å². The van der Waals surface area contributed by atoms with Gasteiger partial charge in [0, 0.05) is 11.6 Å². The number of non-ortho nitro benzene ring substituents is 1. The number of nitro groups is 1. The van der Waals surface area contributed by atoms with Crippen molar-refractivity contribution in [3.63, 3.8) is 0 Å². The van der Waals surface area contributed by atoms with Gasteiger partial charge in [-0.15, -0.1) is 0 Å². The number of nitrogens with zero attached hydrogens (tertiary/aromatic N) is 2. The highest BCUT2D eigenvalue weighted by molar-refractivity contribution is 7.90. The Balaban J connectivity index is 2.43. The maximum absolute atomic E-state index is 13.8. The van der Waals surface area contributed by atoms with E-state index in [1.807, 2.05) is 0 Å². The highest BCUT2D eigenvalue weighted by Gasteiger charge is 2.25. The van der Waals surface area contributed by atoms with Crippen LogP contribution in [0.25, 0.3) is 0 Å². The van der Waals surface area contributed by atoms with Gasteiger partial charge in [0.25, 0.3) is 5.69 Å². The van der Waals surface area contributed by atoms with Crippen LogP contribution < -0.4 is 0 Å². The molecule has 0 aliphatic rings. The van der Waals surface area contributed by atoms with Gasteiger partial charge in [0.1, 0.15) is 16.5 Å². The predicted molar refractivity (Wildman–Crippen MR) is 69.9 cm³/mol. The van der Waals surface area contributed by atoms with Crippen molar-refractivity contribution in [2.75, 3.05) is 0 Å². The first-order valence-corrected chi connectivity index (χ1v) is 7.46. The zero-order valence-electron chi connectivity index (χ0n) is 11.2. The third kappa shape index (κ3) is 2.92. The minimum Gasteiger partial charge on any atom is -0.361 e. The Morgan fingerprint density at radius 1 is 1.38 bits per heavy atom. The van der Waals surface area contributed by atoms with Gasteiger partial charge < -0.3 is 4.52 Å². The van der Waals surface area contributed by atoms with Gasteiger partial charge in [-0.3, -0.25) is 10.1 Å². The van der Waals surface area contributed by atoms with Crippen molar-refractivity contribution in [3.8, 4) is 0 Å². The predicted octanol–water partition coefficient (Wildman–Crippen LogP) is 2.31. The SMILES string of the molecule is Cc1noc(C)c1CS(=O)(=O)c1ccc([N+](=O)[O-])cc1F. The molecule has 0 aliphatic carbocycles. The molecule has 0 fully saturated rings.